The van der Waals surface area contributed by atoms with Crippen molar-refractivity contribution >= 4 is 29.2 Å². The molecule has 1 saturated heterocycles. The number of rotatable bonds is 5. The van der Waals surface area contributed by atoms with E-state index in [4.69, 9.17) is 19.8 Å². The van der Waals surface area contributed by atoms with Gasteiger partial charge in [0.25, 0.3) is 0 Å². The zero-order valence-corrected chi connectivity index (χ0v) is 18.0. The van der Waals surface area contributed by atoms with Crippen molar-refractivity contribution in [1.82, 2.24) is 4.90 Å². The second-order valence-corrected chi connectivity index (χ2v) is 7.91. The highest BCUT2D eigenvalue weighted by atomic mass is 16.4. The molecule has 170 valence electrons. The first-order chi connectivity index (χ1) is 15.4. The molecule has 3 N–H and O–H groups in total. The Kier molecular flexibility index (Phi) is 8.21. The van der Waals surface area contributed by atoms with Gasteiger partial charge in [0.15, 0.2) is 0 Å². The molecule has 1 heterocycles. The van der Waals surface area contributed by atoms with Gasteiger partial charge in [-0.15, -0.1) is 0 Å². The summed E-state index contributed by atoms with van der Waals surface area (Å²) in [5.41, 5.74) is 5.09. The number of carboxylic acid groups (broad SMARTS) is 2. The summed E-state index contributed by atoms with van der Waals surface area (Å²) in [4.78, 5) is 35.3. The smallest absolute Gasteiger partial charge is 0.414 e. The van der Waals surface area contributed by atoms with Crippen LogP contribution in [0, 0.1) is 0 Å². The number of aliphatic carboxylic acids is 2. The molecule has 2 aromatic carbocycles. The molecule has 2 aromatic rings. The van der Waals surface area contributed by atoms with Crippen molar-refractivity contribution in [2.45, 2.75) is 25.7 Å². The van der Waals surface area contributed by atoms with E-state index in [2.05, 4.69) is 57.6 Å². The molecule has 1 aliphatic heterocycles. The predicted molar refractivity (Wildman–Crippen MR) is 122 cm³/mol. The molecule has 1 amide bonds. The molecule has 2 aliphatic rings. The van der Waals surface area contributed by atoms with Gasteiger partial charge in [-0.3, -0.25) is 9.69 Å². The highest BCUT2D eigenvalue weighted by Gasteiger charge is 2.18. The number of carboxylic acids is 2. The average Bonchev–Trinajstić information content (AvgIpc) is 3.27. The fraction of sp³-hybridized carbons (Fsp3) is 0.375. The van der Waals surface area contributed by atoms with Crippen LogP contribution in [0.4, 0.5) is 11.4 Å². The average molecular weight is 440 g/mol. The fourth-order valence-electron chi connectivity index (χ4n) is 4.00. The molecule has 1 fully saturated rings. The van der Waals surface area contributed by atoms with Gasteiger partial charge < -0.3 is 20.4 Å². The summed E-state index contributed by atoms with van der Waals surface area (Å²) in [6, 6.07) is 16.9. The first-order valence-electron chi connectivity index (χ1n) is 10.8. The van der Waals surface area contributed by atoms with Crippen molar-refractivity contribution in [2.24, 2.45) is 0 Å². The Morgan fingerprint density at radius 3 is 2.16 bits per heavy atom. The molecule has 0 bridgehead atoms. The number of benzene rings is 2. The number of hydrogen-bond acceptors (Lipinski definition) is 5. The van der Waals surface area contributed by atoms with Crippen molar-refractivity contribution in [3.8, 4) is 0 Å². The highest BCUT2D eigenvalue weighted by Crippen LogP contribution is 2.25. The zero-order valence-electron chi connectivity index (χ0n) is 18.0. The van der Waals surface area contributed by atoms with Crippen molar-refractivity contribution in [1.29, 1.82) is 0 Å². The number of carbonyl (C=O) groups excluding carboxylic acids is 1. The van der Waals surface area contributed by atoms with E-state index >= 15 is 0 Å². The Morgan fingerprint density at radius 1 is 0.844 bits per heavy atom. The van der Waals surface area contributed by atoms with Crippen LogP contribution in [0.5, 0.6) is 0 Å². The van der Waals surface area contributed by atoms with Crippen LogP contribution >= 0.6 is 0 Å². The summed E-state index contributed by atoms with van der Waals surface area (Å²) < 4.78 is 0. The number of carbonyl (C=O) groups is 3. The van der Waals surface area contributed by atoms with Crippen LogP contribution in [0.1, 0.15) is 24.0 Å². The van der Waals surface area contributed by atoms with Gasteiger partial charge in [-0.1, -0.05) is 24.3 Å². The van der Waals surface area contributed by atoms with E-state index < -0.39 is 11.9 Å². The van der Waals surface area contributed by atoms with Crippen LogP contribution in [0.3, 0.4) is 0 Å². The Morgan fingerprint density at radius 2 is 1.50 bits per heavy atom. The van der Waals surface area contributed by atoms with Crippen LogP contribution in [0.2, 0.25) is 0 Å². The Balaban J connectivity index is 0.000000427. The van der Waals surface area contributed by atoms with Gasteiger partial charge in [-0.2, -0.15) is 0 Å². The third-order valence-electron chi connectivity index (χ3n) is 5.71. The fourth-order valence-corrected chi connectivity index (χ4v) is 4.00. The standard InChI is InChI=1S/C22H27N3O.C2H2O4/c26-22(23-20-10-9-18-5-4-6-19(18)17-20)11-12-24-13-15-25(16-14-24)21-7-2-1-3-8-21;3-1(4)2(5)6/h1-3,7-10,17H,4-6,11-16H2,(H,23,26);(H,3,4)(H,5,6). The molecule has 0 atom stereocenters. The second-order valence-electron chi connectivity index (χ2n) is 7.91. The summed E-state index contributed by atoms with van der Waals surface area (Å²) in [7, 11) is 0. The molecular formula is C24H29N3O5. The lowest BCUT2D eigenvalue weighted by Crippen LogP contribution is -2.47. The van der Waals surface area contributed by atoms with E-state index in [1.807, 2.05) is 6.07 Å². The van der Waals surface area contributed by atoms with Crippen molar-refractivity contribution in [3.05, 3.63) is 59.7 Å². The number of aryl methyl sites for hydroxylation is 2. The largest absolute Gasteiger partial charge is 0.473 e. The van der Waals surface area contributed by atoms with Crippen LogP contribution in [0.15, 0.2) is 48.5 Å². The van der Waals surface area contributed by atoms with E-state index in [0.717, 1.165) is 44.8 Å². The monoisotopic (exact) mass is 439 g/mol. The normalized spacial score (nSPS) is 15.3. The molecule has 8 nitrogen and oxygen atoms in total. The minimum atomic E-state index is -1.82. The van der Waals surface area contributed by atoms with Crippen molar-refractivity contribution in [2.75, 3.05) is 42.9 Å². The molecule has 8 heteroatoms. The van der Waals surface area contributed by atoms with E-state index in [1.54, 1.807) is 0 Å². The first kappa shape index (κ1) is 23.3. The van der Waals surface area contributed by atoms with Crippen molar-refractivity contribution in [3.63, 3.8) is 0 Å². The molecular weight excluding hydrogens is 410 g/mol. The number of piperazine rings is 1. The molecule has 0 radical (unpaired) electrons. The summed E-state index contributed by atoms with van der Waals surface area (Å²) >= 11 is 0. The lowest BCUT2D eigenvalue weighted by Gasteiger charge is -2.36. The number of amides is 1. The maximum absolute atomic E-state index is 12.3. The van der Waals surface area contributed by atoms with Gasteiger partial charge in [0.2, 0.25) is 5.91 Å². The Hall–Kier alpha value is -3.39. The van der Waals surface area contributed by atoms with Crippen LogP contribution in [-0.4, -0.2) is 65.7 Å². The second kappa shape index (κ2) is 11.3. The van der Waals surface area contributed by atoms with E-state index in [0.29, 0.717) is 6.42 Å². The minimum absolute atomic E-state index is 0.119. The number of anilines is 2. The first-order valence-corrected chi connectivity index (χ1v) is 10.8. The maximum Gasteiger partial charge on any atom is 0.414 e. The van der Waals surface area contributed by atoms with E-state index in [9.17, 15) is 4.79 Å². The molecule has 32 heavy (non-hydrogen) atoms. The van der Waals surface area contributed by atoms with Crippen LogP contribution in [0.25, 0.3) is 0 Å². The lowest BCUT2D eigenvalue weighted by atomic mass is 10.1. The quantitative estimate of drug-likeness (QED) is 0.614. The number of nitrogens with zero attached hydrogens (tertiary/aromatic N) is 2. The Bertz CT molecular complexity index is 928. The SMILES string of the molecule is O=C(CCN1CCN(c2ccccc2)CC1)Nc1ccc2c(c1)CCC2.O=C(O)C(=O)O. The topological polar surface area (TPSA) is 110 Å². The number of hydrogen-bond donors (Lipinski definition) is 3. The van der Waals surface area contributed by atoms with Crippen LogP contribution < -0.4 is 10.2 Å². The molecule has 0 unspecified atom stereocenters. The van der Waals surface area contributed by atoms with Crippen LogP contribution in [-0.2, 0) is 27.2 Å². The molecule has 0 spiro atoms. The van der Waals surface area contributed by atoms with E-state index in [1.165, 1.54) is 29.7 Å². The maximum atomic E-state index is 12.3. The van der Waals surface area contributed by atoms with E-state index in [-0.39, 0.29) is 5.91 Å². The summed E-state index contributed by atoms with van der Waals surface area (Å²) in [6.07, 6.45) is 4.12. The number of para-hydroxylation sites is 1. The van der Waals surface area contributed by atoms with Gasteiger partial charge in [-0.25, -0.2) is 9.59 Å². The third kappa shape index (κ3) is 6.81. The third-order valence-corrected chi connectivity index (χ3v) is 5.71. The van der Waals surface area contributed by atoms with Crippen molar-refractivity contribution < 1.29 is 24.6 Å². The molecule has 1 aliphatic carbocycles. The molecule has 4 rings (SSSR count). The van der Waals surface area contributed by atoms with Gasteiger partial charge in [0.1, 0.15) is 0 Å². The van der Waals surface area contributed by atoms with Gasteiger partial charge in [0.05, 0.1) is 0 Å². The zero-order chi connectivity index (χ0) is 22.9. The minimum Gasteiger partial charge on any atom is -0.473 e. The summed E-state index contributed by atoms with van der Waals surface area (Å²) in [5.74, 6) is -3.53. The molecule has 0 aromatic heterocycles. The van der Waals surface area contributed by atoms with Gasteiger partial charge in [0, 0.05) is 50.5 Å². The molecule has 0 saturated carbocycles. The Labute approximate surface area is 187 Å². The predicted octanol–water partition coefficient (Wildman–Crippen LogP) is 2.48. The summed E-state index contributed by atoms with van der Waals surface area (Å²) in [6.45, 7) is 4.91. The number of fused-ring (bicyclic) bond motifs is 1. The number of nitrogens with one attached hydrogen (secondary N) is 1. The summed E-state index contributed by atoms with van der Waals surface area (Å²) in [5, 5.41) is 17.9. The van der Waals surface area contributed by atoms with Gasteiger partial charge >= 0.3 is 11.9 Å². The van der Waals surface area contributed by atoms with Gasteiger partial charge in [-0.05, 0) is 54.7 Å². The lowest BCUT2D eigenvalue weighted by molar-refractivity contribution is -0.159. The highest BCUT2D eigenvalue weighted by molar-refractivity contribution is 6.27.